The third kappa shape index (κ3) is 5.98. The third-order valence-electron chi connectivity index (χ3n) is 3.09. The zero-order valence-corrected chi connectivity index (χ0v) is 13.4. The van der Waals surface area contributed by atoms with Crippen molar-refractivity contribution >= 4 is 11.9 Å². The van der Waals surface area contributed by atoms with Gasteiger partial charge in [-0.15, -0.1) is 0 Å². The van der Waals surface area contributed by atoms with Crippen molar-refractivity contribution in [2.24, 2.45) is 5.92 Å². The summed E-state index contributed by atoms with van der Waals surface area (Å²) in [6.07, 6.45) is 0.153. The molecule has 0 amide bonds. The largest absolute Gasteiger partial charge is 0.426 e. The highest BCUT2D eigenvalue weighted by Crippen LogP contribution is 2.19. The lowest BCUT2D eigenvalue weighted by molar-refractivity contribution is -0.183. The standard InChI is InChI=1S/C17H24O4/c1-11(2)10-15-6-8-16(9-7-15)12(3)17(19)21-14(5)20-13(4)18/h6-9,11-12,14H,10H2,1-5H3/t12?,14-/m1/s1. The van der Waals surface area contributed by atoms with Crippen LogP contribution in [0.2, 0.25) is 0 Å². The summed E-state index contributed by atoms with van der Waals surface area (Å²) in [6, 6.07) is 7.96. The number of carbonyl (C=O) groups excluding carboxylic acids is 2. The van der Waals surface area contributed by atoms with Gasteiger partial charge in [0.15, 0.2) is 0 Å². The molecule has 2 atom stereocenters. The molecule has 1 unspecified atom stereocenters. The summed E-state index contributed by atoms with van der Waals surface area (Å²) < 4.78 is 9.88. The molecule has 0 saturated carbocycles. The molecule has 0 aromatic heterocycles. The van der Waals surface area contributed by atoms with Gasteiger partial charge in [-0.3, -0.25) is 9.59 Å². The van der Waals surface area contributed by atoms with Crippen LogP contribution in [0.25, 0.3) is 0 Å². The minimum Gasteiger partial charge on any atom is -0.426 e. The van der Waals surface area contributed by atoms with Gasteiger partial charge in [-0.25, -0.2) is 0 Å². The highest BCUT2D eigenvalue weighted by molar-refractivity contribution is 5.78. The van der Waals surface area contributed by atoms with Crippen LogP contribution in [0.4, 0.5) is 0 Å². The van der Waals surface area contributed by atoms with Crippen molar-refractivity contribution in [3.05, 3.63) is 35.4 Å². The molecule has 0 bridgehead atoms. The Morgan fingerprint density at radius 3 is 2.05 bits per heavy atom. The van der Waals surface area contributed by atoms with Crippen molar-refractivity contribution in [1.29, 1.82) is 0 Å². The molecule has 0 aliphatic rings. The van der Waals surface area contributed by atoms with Crippen LogP contribution >= 0.6 is 0 Å². The van der Waals surface area contributed by atoms with Crippen molar-refractivity contribution in [2.75, 3.05) is 0 Å². The maximum Gasteiger partial charge on any atom is 0.316 e. The molecule has 0 fully saturated rings. The van der Waals surface area contributed by atoms with E-state index in [9.17, 15) is 9.59 Å². The molecule has 0 saturated heterocycles. The predicted molar refractivity (Wildman–Crippen MR) is 80.7 cm³/mol. The monoisotopic (exact) mass is 292 g/mol. The highest BCUT2D eigenvalue weighted by Gasteiger charge is 2.20. The second-order valence-corrected chi connectivity index (χ2v) is 5.68. The van der Waals surface area contributed by atoms with E-state index < -0.39 is 24.1 Å². The van der Waals surface area contributed by atoms with E-state index in [0.29, 0.717) is 5.92 Å². The van der Waals surface area contributed by atoms with Crippen LogP contribution in [0, 0.1) is 5.92 Å². The van der Waals surface area contributed by atoms with Crippen molar-refractivity contribution in [3.63, 3.8) is 0 Å². The number of esters is 2. The van der Waals surface area contributed by atoms with Gasteiger partial charge in [0.2, 0.25) is 6.29 Å². The normalized spacial score (nSPS) is 13.6. The summed E-state index contributed by atoms with van der Waals surface area (Å²) in [5, 5.41) is 0. The molecule has 1 aromatic rings. The van der Waals surface area contributed by atoms with Gasteiger partial charge < -0.3 is 9.47 Å². The van der Waals surface area contributed by atoms with Gasteiger partial charge in [0.1, 0.15) is 0 Å². The predicted octanol–water partition coefficient (Wildman–Crippen LogP) is 3.44. The van der Waals surface area contributed by atoms with E-state index in [1.54, 1.807) is 6.92 Å². The van der Waals surface area contributed by atoms with Crippen LogP contribution in [0.15, 0.2) is 24.3 Å². The summed E-state index contributed by atoms with van der Waals surface area (Å²) in [5.74, 6) is -0.666. The number of ether oxygens (including phenoxy) is 2. The zero-order valence-electron chi connectivity index (χ0n) is 13.4. The number of rotatable bonds is 6. The Hall–Kier alpha value is -1.84. The maximum atomic E-state index is 12.0. The maximum absolute atomic E-state index is 12.0. The first-order valence-corrected chi connectivity index (χ1v) is 7.26. The first kappa shape index (κ1) is 17.2. The van der Waals surface area contributed by atoms with Crippen molar-refractivity contribution in [2.45, 2.75) is 53.2 Å². The van der Waals surface area contributed by atoms with Crippen LogP contribution < -0.4 is 0 Å². The average molecular weight is 292 g/mol. The lowest BCUT2D eigenvalue weighted by Gasteiger charge is -2.17. The van der Waals surface area contributed by atoms with Crippen molar-refractivity contribution in [1.82, 2.24) is 0 Å². The first-order chi connectivity index (χ1) is 9.79. The number of hydrogen-bond acceptors (Lipinski definition) is 4. The fraction of sp³-hybridized carbons (Fsp3) is 0.529. The fourth-order valence-electron chi connectivity index (χ4n) is 2.07. The van der Waals surface area contributed by atoms with Gasteiger partial charge in [0.05, 0.1) is 5.92 Å². The Morgan fingerprint density at radius 1 is 1.00 bits per heavy atom. The molecule has 1 aromatic carbocycles. The van der Waals surface area contributed by atoms with Crippen LogP contribution in [0.1, 0.15) is 51.7 Å². The topological polar surface area (TPSA) is 52.6 Å². The van der Waals surface area contributed by atoms with Crippen molar-refractivity contribution < 1.29 is 19.1 Å². The summed E-state index contributed by atoms with van der Waals surface area (Å²) >= 11 is 0. The number of carbonyl (C=O) groups is 2. The van der Waals surface area contributed by atoms with E-state index in [1.165, 1.54) is 19.4 Å². The molecule has 21 heavy (non-hydrogen) atoms. The van der Waals surface area contributed by atoms with Crippen LogP contribution in [0.5, 0.6) is 0 Å². The highest BCUT2D eigenvalue weighted by atomic mass is 16.7. The van der Waals surface area contributed by atoms with Crippen molar-refractivity contribution in [3.8, 4) is 0 Å². The smallest absolute Gasteiger partial charge is 0.316 e. The molecule has 0 aliphatic carbocycles. The number of hydrogen-bond donors (Lipinski definition) is 0. The summed E-state index contributed by atoms with van der Waals surface area (Å²) in [5.41, 5.74) is 2.14. The van der Waals surface area contributed by atoms with E-state index in [-0.39, 0.29) is 0 Å². The van der Waals surface area contributed by atoms with E-state index in [4.69, 9.17) is 9.47 Å². The number of benzene rings is 1. The molecular weight excluding hydrogens is 268 g/mol. The summed E-state index contributed by atoms with van der Waals surface area (Å²) in [6.45, 7) is 8.92. The molecule has 4 nitrogen and oxygen atoms in total. The zero-order chi connectivity index (χ0) is 16.0. The van der Waals surface area contributed by atoms with Gasteiger partial charge in [-0.05, 0) is 30.4 Å². The van der Waals surface area contributed by atoms with Gasteiger partial charge in [-0.2, -0.15) is 0 Å². The Bertz CT molecular complexity index is 476. The van der Waals surface area contributed by atoms with Crippen LogP contribution in [0.3, 0.4) is 0 Å². The quantitative estimate of drug-likeness (QED) is 0.595. The second-order valence-electron chi connectivity index (χ2n) is 5.68. The van der Waals surface area contributed by atoms with E-state index in [0.717, 1.165) is 12.0 Å². The molecule has 4 heteroatoms. The molecule has 0 radical (unpaired) electrons. The van der Waals surface area contributed by atoms with E-state index in [1.807, 2.05) is 24.3 Å². The van der Waals surface area contributed by atoms with Gasteiger partial charge in [0.25, 0.3) is 0 Å². The Labute approximate surface area is 126 Å². The Balaban J connectivity index is 2.63. The van der Waals surface area contributed by atoms with Gasteiger partial charge in [0, 0.05) is 13.8 Å². The Kier molecular flexibility index (Phi) is 6.40. The third-order valence-corrected chi connectivity index (χ3v) is 3.09. The molecule has 0 spiro atoms. The van der Waals surface area contributed by atoms with E-state index in [2.05, 4.69) is 13.8 Å². The minimum atomic E-state index is -0.863. The molecule has 0 heterocycles. The minimum absolute atomic E-state index is 0.392. The molecular formula is C17H24O4. The Morgan fingerprint density at radius 2 is 1.57 bits per heavy atom. The summed E-state index contributed by atoms with van der Waals surface area (Å²) in [7, 11) is 0. The molecule has 1 rings (SSSR count). The van der Waals surface area contributed by atoms with Crippen LogP contribution in [-0.2, 0) is 25.5 Å². The van der Waals surface area contributed by atoms with Crippen LogP contribution in [-0.4, -0.2) is 18.2 Å². The van der Waals surface area contributed by atoms with Gasteiger partial charge in [-0.1, -0.05) is 38.1 Å². The summed E-state index contributed by atoms with van der Waals surface area (Å²) in [4.78, 5) is 22.8. The molecule has 0 aliphatic heterocycles. The average Bonchev–Trinajstić information content (AvgIpc) is 2.36. The first-order valence-electron chi connectivity index (χ1n) is 7.26. The second kappa shape index (κ2) is 7.81. The lowest BCUT2D eigenvalue weighted by atomic mass is 9.97. The van der Waals surface area contributed by atoms with E-state index >= 15 is 0 Å². The molecule has 116 valence electrons. The SMILES string of the molecule is CC(=O)O[C@@H](C)OC(=O)C(C)c1ccc(CC(C)C)cc1. The lowest BCUT2D eigenvalue weighted by Crippen LogP contribution is -2.23. The van der Waals surface area contributed by atoms with Gasteiger partial charge >= 0.3 is 11.9 Å². The fourth-order valence-corrected chi connectivity index (χ4v) is 2.07. The molecule has 0 N–H and O–H groups in total.